The summed E-state index contributed by atoms with van der Waals surface area (Å²) >= 11 is 8.13. The molecule has 11 heteroatoms. The fraction of sp³-hybridized carbons (Fsp3) is 0.526. The Bertz CT molecular complexity index is 1100. The number of anilines is 1. The van der Waals surface area contributed by atoms with E-state index in [1.165, 1.54) is 21.7 Å². The molecule has 2 aromatic heterocycles. The smallest absolute Gasteiger partial charge is 0.252 e. The fourth-order valence-corrected chi connectivity index (χ4v) is 7.93. The summed E-state index contributed by atoms with van der Waals surface area (Å²) in [6.07, 6.45) is 2.06. The van der Waals surface area contributed by atoms with Gasteiger partial charge in [0.2, 0.25) is 5.91 Å². The van der Waals surface area contributed by atoms with Crippen molar-refractivity contribution in [2.75, 3.05) is 18.4 Å². The van der Waals surface area contributed by atoms with Crippen LogP contribution in [0.15, 0.2) is 16.3 Å². The minimum Gasteiger partial charge on any atom is -0.302 e. The van der Waals surface area contributed by atoms with Crippen molar-refractivity contribution in [1.82, 2.24) is 9.29 Å². The topological polar surface area (TPSA) is 96.4 Å². The minimum atomic E-state index is -3.58. The van der Waals surface area contributed by atoms with Crippen molar-refractivity contribution in [2.24, 2.45) is 11.3 Å². The number of halogens is 1. The zero-order valence-electron chi connectivity index (χ0n) is 16.6. The molecule has 1 aliphatic heterocycles. The molecular weight excluding hydrogens is 466 g/mol. The molecule has 0 unspecified atom stereocenters. The van der Waals surface area contributed by atoms with Gasteiger partial charge in [0, 0.05) is 25.4 Å². The van der Waals surface area contributed by atoms with Gasteiger partial charge >= 0.3 is 0 Å². The lowest BCUT2D eigenvalue weighted by atomic mass is 9.78. The predicted octanol–water partition coefficient (Wildman–Crippen LogP) is 4.05. The second kappa shape index (κ2) is 7.98. The van der Waals surface area contributed by atoms with Gasteiger partial charge in [-0.05, 0) is 36.8 Å². The molecule has 0 bridgehead atoms. The number of fused-ring (bicyclic) bond motifs is 1. The zero-order valence-corrected chi connectivity index (χ0v) is 19.8. The minimum absolute atomic E-state index is 0.0754. The molecule has 0 aromatic carbocycles. The molecule has 1 saturated heterocycles. The van der Waals surface area contributed by atoms with Crippen LogP contribution < -0.4 is 5.32 Å². The highest BCUT2D eigenvalue weighted by Gasteiger charge is 2.36. The van der Waals surface area contributed by atoms with E-state index >= 15 is 0 Å². The lowest BCUT2D eigenvalue weighted by Crippen LogP contribution is -2.41. The SMILES string of the molecule is CC1(C)CC(=O)c2sc(NC(=O)C3CCN(S(=O)(=O)c4ccc(Cl)s4)CC3)nc2C1. The van der Waals surface area contributed by atoms with Gasteiger partial charge in [0.05, 0.1) is 14.9 Å². The highest BCUT2D eigenvalue weighted by Crippen LogP contribution is 2.38. The van der Waals surface area contributed by atoms with E-state index in [9.17, 15) is 18.0 Å². The summed E-state index contributed by atoms with van der Waals surface area (Å²) in [6.45, 7) is 4.63. The lowest BCUT2D eigenvalue weighted by Gasteiger charge is -2.29. The Morgan fingerprint density at radius 3 is 2.57 bits per heavy atom. The first-order chi connectivity index (χ1) is 14.0. The number of ketones is 1. The number of aromatic nitrogens is 1. The molecule has 0 saturated carbocycles. The number of carbonyl (C=O) groups is 2. The molecular formula is C19H22ClN3O4S3. The highest BCUT2D eigenvalue weighted by molar-refractivity contribution is 7.91. The molecule has 0 radical (unpaired) electrons. The number of hydrogen-bond acceptors (Lipinski definition) is 7. The first kappa shape index (κ1) is 21.9. The first-order valence-corrected chi connectivity index (χ1v) is 13.1. The fourth-order valence-electron chi connectivity index (χ4n) is 3.90. The van der Waals surface area contributed by atoms with Crippen LogP contribution in [0, 0.1) is 11.3 Å². The Balaban J connectivity index is 1.38. The van der Waals surface area contributed by atoms with Crippen LogP contribution in [-0.2, 0) is 21.2 Å². The van der Waals surface area contributed by atoms with Crippen molar-refractivity contribution in [2.45, 2.75) is 43.7 Å². The van der Waals surface area contributed by atoms with Crippen LogP contribution in [0.1, 0.15) is 48.5 Å². The van der Waals surface area contributed by atoms with Crippen LogP contribution in [-0.4, -0.2) is 42.5 Å². The van der Waals surface area contributed by atoms with Gasteiger partial charge in [-0.15, -0.1) is 11.3 Å². The molecule has 162 valence electrons. The third kappa shape index (κ3) is 4.34. The predicted molar refractivity (Wildman–Crippen MR) is 118 cm³/mol. The molecule has 1 aliphatic carbocycles. The summed E-state index contributed by atoms with van der Waals surface area (Å²) in [5.74, 6) is -0.396. The van der Waals surface area contributed by atoms with Gasteiger partial charge in [0.25, 0.3) is 10.0 Å². The van der Waals surface area contributed by atoms with E-state index in [2.05, 4.69) is 10.3 Å². The summed E-state index contributed by atoms with van der Waals surface area (Å²) in [5, 5.41) is 3.28. The van der Waals surface area contributed by atoms with Crippen molar-refractivity contribution in [3.63, 3.8) is 0 Å². The summed E-state index contributed by atoms with van der Waals surface area (Å²) in [6, 6.07) is 3.08. The molecule has 30 heavy (non-hydrogen) atoms. The summed E-state index contributed by atoms with van der Waals surface area (Å²) < 4.78 is 27.5. The Morgan fingerprint density at radius 2 is 1.93 bits per heavy atom. The zero-order chi connectivity index (χ0) is 21.7. The highest BCUT2D eigenvalue weighted by atomic mass is 35.5. The van der Waals surface area contributed by atoms with Crippen LogP contribution in [0.4, 0.5) is 5.13 Å². The van der Waals surface area contributed by atoms with Gasteiger partial charge in [-0.25, -0.2) is 13.4 Å². The Hall–Kier alpha value is -1.33. The van der Waals surface area contributed by atoms with E-state index in [1.807, 2.05) is 13.8 Å². The molecule has 1 fully saturated rings. The molecule has 3 heterocycles. The molecule has 7 nitrogen and oxygen atoms in total. The Labute approximate surface area is 188 Å². The quantitative estimate of drug-likeness (QED) is 0.701. The van der Waals surface area contributed by atoms with E-state index in [4.69, 9.17) is 11.6 Å². The lowest BCUT2D eigenvalue weighted by molar-refractivity contribution is -0.120. The van der Waals surface area contributed by atoms with Gasteiger partial charge in [0.1, 0.15) is 4.21 Å². The van der Waals surface area contributed by atoms with Crippen LogP contribution in [0.3, 0.4) is 0 Å². The molecule has 1 amide bonds. The van der Waals surface area contributed by atoms with E-state index in [0.717, 1.165) is 17.0 Å². The summed E-state index contributed by atoms with van der Waals surface area (Å²) in [7, 11) is -3.58. The van der Waals surface area contributed by atoms with E-state index in [1.54, 1.807) is 6.07 Å². The van der Waals surface area contributed by atoms with Crippen LogP contribution >= 0.6 is 34.3 Å². The van der Waals surface area contributed by atoms with E-state index in [0.29, 0.717) is 40.0 Å². The third-order valence-corrected chi connectivity index (χ3v) is 10.1. The third-order valence-electron chi connectivity index (χ3n) is 5.43. The largest absolute Gasteiger partial charge is 0.302 e. The Morgan fingerprint density at radius 1 is 1.23 bits per heavy atom. The molecule has 0 atom stereocenters. The first-order valence-electron chi connectivity index (χ1n) is 9.64. The van der Waals surface area contributed by atoms with Gasteiger partial charge in [-0.3, -0.25) is 9.59 Å². The van der Waals surface area contributed by atoms with Gasteiger partial charge in [-0.1, -0.05) is 36.8 Å². The normalized spacial score (nSPS) is 20.2. The van der Waals surface area contributed by atoms with Crippen molar-refractivity contribution in [1.29, 1.82) is 0 Å². The average molecular weight is 488 g/mol. The summed E-state index contributed by atoms with van der Waals surface area (Å²) in [5.41, 5.74) is 0.636. The number of carbonyl (C=O) groups excluding carboxylic acids is 2. The van der Waals surface area contributed by atoms with Crippen molar-refractivity contribution in [3.8, 4) is 0 Å². The number of Topliss-reactive ketones (excluding diaryl/α,β-unsaturated/α-hetero) is 1. The van der Waals surface area contributed by atoms with Gasteiger partial charge < -0.3 is 5.32 Å². The van der Waals surface area contributed by atoms with Crippen molar-refractivity contribution >= 4 is 61.1 Å². The maximum Gasteiger partial charge on any atom is 0.252 e. The van der Waals surface area contributed by atoms with Crippen LogP contribution in [0.2, 0.25) is 4.34 Å². The van der Waals surface area contributed by atoms with Gasteiger partial charge in [-0.2, -0.15) is 4.31 Å². The second-order valence-corrected chi connectivity index (χ2v) is 13.3. The van der Waals surface area contributed by atoms with Crippen molar-refractivity contribution < 1.29 is 18.0 Å². The standard InChI is InChI=1S/C19H22ClN3O4S3/c1-19(2)9-12-16(13(24)10-19)29-18(21-12)22-17(25)11-5-7-23(8-6-11)30(26,27)15-4-3-14(20)28-15/h3-4,11H,5-10H2,1-2H3,(H,21,22,25). The number of amides is 1. The molecule has 0 spiro atoms. The molecule has 1 N–H and O–H groups in total. The maximum absolute atomic E-state index is 12.7. The van der Waals surface area contributed by atoms with E-state index in [-0.39, 0.29) is 40.3 Å². The average Bonchev–Trinajstić information content (AvgIpc) is 3.27. The number of nitrogens with one attached hydrogen (secondary N) is 1. The number of thiazole rings is 1. The number of sulfonamides is 1. The maximum atomic E-state index is 12.7. The number of rotatable bonds is 4. The number of thiophene rings is 1. The second-order valence-electron chi connectivity index (χ2n) is 8.46. The molecule has 2 aromatic rings. The van der Waals surface area contributed by atoms with Gasteiger partial charge in [0.15, 0.2) is 10.9 Å². The van der Waals surface area contributed by atoms with Crippen molar-refractivity contribution in [3.05, 3.63) is 27.0 Å². The number of nitrogens with zero attached hydrogens (tertiary/aromatic N) is 2. The Kier molecular flexibility index (Phi) is 5.82. The number of hydrogen-bond donors (Lipinski definition) is 1. The number of piperidine rings is 1. The van der Waals surface area contributed by atoms with Crippen LogP contribution in [0.25, 0.3) is 0 Å². The summed E-state index contributed by atoms with van der Waals surface area (Å²) in [4.78, 5) is 30.2. The molecule has 4 rings (SSSR count). The monoisotopic (exact) mass is 487 g/mol. The van der Waals surface area contributed by atoms with Crippen LogP contribution in [0.5, 0.6) is 0 Å². The molecule has 2 aliphatic rings. The van der Waals surface area contributed by atoms with E-state index < -0.39 is 10.0 Å².